The normalized spacial score (nSPS) is 31.8. The van der Waals surface area contributed by atoms with Gasteiger partial charge in [0, 0.05) is 25.2 Å². The molecule has 1 fully saturated rings. The fourth-order valence-corrected chi connectivity index (χ4v) is 1.70. The summed E-state index contributed by atoms with van der Waals surface area (Å²) < 4.78 is 0. The first-order valence-corrected chi connectivity index (χ1v) is 4.80. The van der Waals surface area contributed by atoms with Gasteiger partial charge in [-0.05, 0) is 20.4 Å². The summed E-state index contributed by atoms with van der Waals surface area (Å²) >= 11 is 0. The van der Waals surface area contributed by atoms with Crippen LogP contribution in [0.15, 0.2) is 0 Å². The fourth-order valence-electron chi connectivity index (χ4n) is 1.70. The monoisotopic (exact) mass is 172 g/mol. The minimum absolute atomic E-state index is 0.188. The summed E-state index contributed by atoms with van der Waals surface area (Å²) in [4.78, 5) is 2.30. The number of rotatable bonds is 3. The van der Waals surface area contributed by atoms with Crippen LogP contribution in [-0.2, 0) is 0 Å². The molecule has 0 aliphatic carbocycles. The first-order chi connectivity index (χ1) is 5.65. The summed E-state index contributed by atoms with van der Waals surface area (Å²) in [6.07, 6.45) is -0.188. The summed E-state index contributed by atoms with van der Waals surface area (Å²) in [7, 11) is 0. The van der Waals surface area contributed by atoms with E-state index in [-0.39, 0.29) is 12.1 Å². The van der Waals surface area contributed by atoms with Crippen LogP contribution in [0.25, 0.3) is 0 Å². The van der Waals surface area contributed by atoms with Crippen LogP contribution in [0, 0.1) is 0 Å². The number of hydrogen-bond donors (Lipinski definition) is 2. The molecule has 3 nitrogen and oxygen atoms in total. The first kappa shape index (κ1) is 9.96. The second kappa shape index (κ2) is 4.21. The first-order valence-electron chi connectivity index (χ1n) is 4.80. The molecule has 1 aliphatic heterocycles. The van der Waals surface area contributed by atoms with Crippen molar-refractivity contribution < 1.29 is 5.11 Å². The molecular formula is C9H20N2O. The van der Waals surface area contributed by atoms with Gasteiger partial charge in [0.05, 0.1) is 6.10 Å². The number of nitrogens with one attached hydrogen (secondary N) is 1. The van der Waals surface area contributed by atoms with Crippen molar-refractivity contribution in [1.29, 1.82) is 0 Å². The Balaban J connectivity index is 2.39. The zero-order valence-electron chi connectivity index (χ0n) is 8.25. The van der Waals surface area contributed by atoms with E-state index >= 15 is 0 Å². The van der Waals surface area contributed by atoms with Crippen molar-refractivity contribution in [2.45, 2.75) is 39.0 Å². The second-order valence-electron chi connectivity index (χ2n) is 3.78. The van der Waals surface area contributed by atoms with Gasteiger partial charge in [-0.1, -0.05) is 6.92 Å². The Morgan fingerprint density at radius 2 is 2.17 bits per heavy atom. The lowest BCUT2D eigenvalue weighted by Crippen LogP contribution is -2.39. The van der Waals surface area contributed by atoms with Gasteiger partial charge in [-0.15, -0.1) is 0 Å². The molecule has 0 bridgehead atoms. The average molecular weight is 172 g/mol. The number of β-amino-alcohol motifs (C(OH)–C–C–N with tert-alkyl or cyclic N) is 1. The van der Waals surface area contributed by atoms with Crippen molar-refractivity contribution in [2.24, 2.45) is 0 Å². The van der Waals surface area contributed by atoms with E-state index in [1.807, 2.05) is 0 Å². The van der Waals surface area contributed by atoms with Gasteiger partial charge in [0.15, 0.2) is 0 Å². The molecule has 0 saturated carbocycles. The smallest absolute Gasteiger partial charge is 0.0832 e. The molecule has 0 aromatic carbocycles. The van der Waals surface area contributed by atoms with Crippen LogP contribution in [0.4, 0.5) is 0 Å². The lowest BCUT2D eigenvalue weighted by molar-refractivity contribution is 0.149. The molecule has 1 heterocycles. The maximum atomic E-state index is 9.64. The van der Waals surface area contributed by atoms with Crippen molar-refractivity contribution in [1.82, 2.24) is 10.2 Å². The maximum Gasteiger partial charge on any atom is 0.0832 e. The van der Waals surface area contributed by atoms with E-state index in [1.54, 1.807) is 0 Å². The Bertz CT molecular complexity index is 138. The molecule has 3 heteroatoms. The van der Waals surface area contributed by atoms with E-state index in [1.165, 1.54) is 0 Å². The summed E-state index contributed by atoms with van der Waals surface area (Å²) in [5.41, 5.74) is 0. The van der Waals surface area contributed by atoms with Crippen molar-refractivity contribution >= 4 is 0 Å². The van der Waals surface area contributed by atoms with Gasteiger partial charge in [0.25, 0.3) is 0 Å². The van der Waals surface area contributed by atoms with E-state index in [0.717, 1.165) is 19.6 Å². The van der Waals surface area contributed by atoms with Crippen molar-refractivity contribution in [3.8, 4) is 0 Å². The zero-order chi connectivity index (χ0) is 9.14. The second-order valence-corrected chi connectivity index (χ2v) is 3.78. The molecule has 12 heavy (non-hydrogen) atoms. The van der Waals surface area contributed by atoms with Crippen LogP contribution in [0.5, 0.6) is 0 Å². The van der Waals surface area contributed by atoms with E-state index < -0.39 is 0 Å². The van der Waals surface area contributed by atoms with Crippen LogP contribution in [-0.4, -0.2) is 47.8 Å². The Kier molecular flexibility index (Phi) is 3.50. The van der Waals surface area contributed by atoms with Gasteiger partial charge in [0.1, 0.15) is 0 Å². The standard InChI is InChI=1S/C9H20N2O/c1-4-10-8-5-11(7(2)3)6-9(8)12/h7-10,12H,4-6H2,1-3H3/t8-,9+/m1/s1. The molecule has 0 aromatic rings. The van der Waals surface area contributed by atoms with Crippen molar-refractivity contribution in [3.63, 3.8) is 0 Å². The minimum atomic E-state index is -0.188. The number of aliphatic hydroxyl groups excluding tert-OH is 1. The lowest BCUT2D eigenvalue weighted by atomic mass is 10.2. The van der Waals surface area contributed by atoms with Gasteiger partial charge in [0.2, 0.25) is 0 Å². The summed E-state index contributed by atoms with van der Waals surface area (Å²) in [6, 6.07) is 0.820. The maximum absolute atomic E-state index is 9.64. The van der Waals surface area contributed by atoms with E-state index in [4.69, 9.17) is 0 Å². The van der Waals surface area contributed by atoms with Crippen molar-refractivity contribution in [2.75, 3.05) is 19.6 Å². The van der Waals surface area contributed by atoms with Crippen LogP contribution in [0.3, 0.4) is 0 Å². The van der Waals surface area contributed by atoms with E-state index in [2.05, 4.69) is 31.0 Å². The van der Waals surface area contributed by atoms with Gasteiger partial charge in [-0.3, -0.25) is 4.90 Å². The van der Waals surface area contributed by atoms with E-state index in [9.17, 15) is 5.11 Å². The Morgan fingerprint density at radius 1 is 1.50 bits per heavy atom. The molecule has 0 spiro atoms. The molecule has 1 saturated heterocycles. The van der Waals surface area contributed by atoms with Gasteiger partial charge >= 0.3 is 0 Å². The Hall–Kier alpha value is -0.120. The lowest BCUT2D eigenvalue weighted by Gasteiger charge is -2.19. The number of aliphatic hydroxyl groups is 1. The summed E-state index contributed by atoms with van der Waals surface area (Å²) in [5.74, 6) is 0. The molecule has 2 N–H and O–H groups in total. The molecule has 1 aliphatic rings. The van der Waals surface area contributed by atoms with Gasteiger partial charge in [-0.25, -0.2) is 0 Å². The predicted octanol–water partition coefficient (Wildman–Crippen LogP) is 0.0494. The number of likely N-dealkylation sites (N-methyl/N-ethyl adjacent to an activating group) is 1. The minimum Gasteiger partial charge on any atom is -0.390 e. The summed E-state index contributed by atoms with van der Waals surface area (Å²) in [6.45, 7) is 9.14. The molecule has 0 radical (unpaired) electrons. The zero-order valence-corrected chi connectivity index (χ0v) is 8.25. The molecule has 0 aromatic heterocycles. The molecule has 0 unspecified atom stereocenters. The number of hydrogen-bond acceptors (Lipinski definition) is 3. The average Bonchev–Trinajstić information content (AvgIpc) is 2.34. The van der Waals surface area contributed by atoms with Gasteiger partial charge < -0.3 is 10.4 Å². The van der Waals surface area contributed by atoms with Crippen LogP contribution < -0.4 is 5.32 Å². The Morgan fingerprint density at radius 3 is 2.58 bits per heavy atom. The molecule has 2 atom stereocenters. The number of nitrogens with zero attached hydrogens (tertiary/aromatic N) is 1. The highest BCUT2D eigenvalue weighted by Gasteiger charge is 2.31. The molecular weight excluding hydrogens is 152 g/mol. The SMILES string of the molecule is CCN[C@@H]1CN(C(C)C)C[C@@H]1O. The van der Waals surface area contributed by atoms with E-state index in [0.29, 0.717) is 6.04 Å². The largest absolute Gasteiger partial charge is 0.390 e. The van der Waals surface area contributed by atoms with Crippen LogP contribution in [0.2, 0.25) is 0 Å². The highest BCUT2D eigenvalue weighted by Crippen LogP contribution is 2.12. The van der Waals surface area contributed by atoms with Crippen molar-refractivity contribution in [3.05, 3.63) is 0 Å². The molecule has 72 valence electrons. The van der Waals surface area contributed by atoms with Crippen LogP contribution >= 0.6 is 0 Å². The third kappa shape index (κ3) is 2.19. The third-order valence-electron chi connectivity index (χ3n) is 2.51. The molecule has 0 amide bonds. The topological polar surface area (TPSA) is 35.5 Å². The summed E-state index contributed by atoms with van der Waals surface area (Å²) in [5, 5.41) is 12.9. The highest BCUT2D eigenvalue weighted by molar-refractivity contribution is 4.89. The van der Waals surface area contributed by atoms with Crippen LogP contribution in [0.1, 0.15) is 20.8 Å². The predicted molar refractivity (Wildman–Crippen MR) is 50.2 cm³/mol. The fraction of sp³-hybridized carbons (Fsp3) is 1.00. The Labute approximate surface area is 74.8 Å². The highest BCUT2D eigenvalue weighted by atomic mass is 16.3. The third-order valence-corrected chi connectivity index (χ3v) is 2.51. The number of likely N-dealkylation sites (tertiary alicyclic amines) is 1. The quantitative estimate of drug-likeness (QED) is 0.631. The van der Waals surface area contributed by atoms with Gasteiger partial charge in [-0.2, -0.15) is 0 Å². The molecule has 1 rings (SSSR count).